The summed E-state index contributed by atoms with van der Waals surface area (Å²) in [4.78, 5) is 5.71. The Morgan fingerprint density at radius 3 is 2.74 bits per heavy atom. The number of nitrogens with zero attached hydrogens (tertiary/aromatic N) is 1. The van der Waals surface area contributed by atoms with Crippen LogP contribution in [-0.4, -0.2) is 10.1 Å². The van der Waals surface area contributed by atoms with Gasteiger partial charge in [0.05, 0.1) is 6.04 Å². The van der Waals surface area contributed by atoms with E-state index in [1.54, 1.807) is 11.3 Å². The first-order valence-corrected chi connectivity index (χ1v) is 7.48. The standard InChI is InChI=1S/C14H17N3S2/c1-3-12-9-15-13(19-12)10(2)16-14(18)17-11-7-5-4-6-8-11/h4-10H,3H2,1-2H3,(H2,16,17,18). The van der Waals surface area contributed by atoms with Crippen LogP contribution in [0.5, 0.6) is 0 Å². The van der Waals surface area contributed by atoms with Crippen molar-refractivity contribution >= 4 is 34.4 Å². The molecular formula is C14H17N3S2. The van der Waals surface area contributed by atoms with Crippen LogP contribution in [-0.2, 0) is 6.42 Å². The van der Waals surface area contributed by atoms with Crippen molar-refractivity contribution in [3.63, 3.8) is 0 Å². The monoisotopic (exact) mass is 291 g/mol. The van der Waals surface area contributed by atoms with Crippen LogP contribution >= 0.6 is 23.6 Å². The van der Waals surface area contributed by atoms with E-state index in [4.69, 9.17) is 12.2 Å². The van der Waals surface area contributed by atoms with E-state index in [1.165, 1.54) is 4.88 Å². The van der Waals surface area contributed by atoms with Crippen molar-refractivity contribution < 1.29 is 0 Å². The Labute approximate surface area is 123 Å². The number of benzene rings is 1. The predicted molar refractivity (Wildman–Crippen MR) is 85.7 cm³/mol. The number of hydrogen-bond acceptors (Lipinski definition) is 3. The van der Waals surface area contributed by atoms with E-state index in [2.05, 4.69) is 29.5 Å². The summed E-state index contributed by atoms with van der Waals surface area (Å²) in [6, 6.07) is 10.0. The average Bonchev–Trinajstić information content (AvgIpc) is 2.88. The first kappa shape index (κ1) is 14.0. The van der Waals surface area contributed by atoms with Crippen LogP contribution in [0.3, 0.4) is 0 Å². The molecule has 0 saturated heterocycles. The molecule has 2 N–H and O–H groups in total. The highest BCUT2D eigenvalue weighted by atomic mass is 32.1. The van der Waals surface area contributed by atoms with Gasteiger partial charge in [0, 0.05) is 16.8 Å². The molecule has 0 aliphatic carbocycles. The lowest BCUT2D eigenvalue weighted by atomic mass is 10.3. The highest BCUT2D eigenvalue weighted by Gasteiger charge is 2.11. The molecule has 0 spiro atoms. The zero-order valence-corrected chi connectivity index (χ0v) is 12.6. The molecule has 100 valence electrons. The molecule has 0 bridgehead atoms. The van der Waals surface area contributed by atoms with Crippen molar-refractivity contribution in [1.29, 1.82) is 0 Å². The molecule has 0 aliphatic heterocycles. The van der Waals surface area contributed by atoms with E-state index < -0.39 is 0 Å². The summed E-state index contributed by atoms with van der Waals surface area (Å²) in [5.74, 6) is 0. The lowest BCUT2D eigenvalue weighted by molar-refractivity contribution is 0.715. The van der Waals surface area contributed by atoms with Crippen LogP contribution in [0.25, 0.3) is 0 Å². The summed E-state index contributed by atoms with van der Waals surface area (Å²) in [5, 5.41) is 8.09. The van der Waals surface area contributed by atoms with E-state index in [0.29, 0.717) is 5.11 Å². The van der Waals surface area contributed by atoms with Gasteiger partial charge in [-0.1, -0.05) is 25.1 Å². The van der Waals surface area contributed by atoms with Crippen LogP contribution in [0, 0.1) is 0 Å². The average molecular weight is 291 g/mol. The molecule has 0 aliphatic rings. The van der Waals surface area contributed by atoms with Crippen LogP contribution < -0.4 is 10.6 Å². The summed E-state index contributed by atoms with van der Waals surface area (Å²) < 4.78 is 0. The third kappa shape index (κ3) is 4.01. The van der Waals surface area contributed by atoms with E-state index in [1.807, 2.05) is 36.5 Å². The maximum Gasteiger partial charge on any atom is 0.171 e. The van der Waals surface area contributed by atoms with Crippen LogP contribution in [0.15, 0.2) is 36.5 Å². The number of nitrogens with one attached hydrogen (secondary N) is 2. The Balaban J connectivity index is 1.91. The molecule has 1 aromatic heterocycles. The van der Waals surface area contributed by atoms with Crippen molar-refractivity contribution in [2.24, 2.45) is 0 Å². The molecule has 0 radical (unpaired) electrons. The van der Waals surface area contributed by atoms with E-state index in [9.17, 15) is 0 Å². The van der Waals surface area contributed by atoms with Gasteiger partial charge in [-0.05, 0) is 37.7 Å². The first-order valence-electron chi connectivity index (χ1n) is 6.26. The molecule has 1 heterocycles. The number of rotatable bonds is 4. The minimum absolute atomic E-state index is 0.119. The molecule has 1 unspecified atom stereocenters. The molecule has 19 heavy (non-hydrogen) atoms. The predicted octanol–water partition coefficient (Wildman–Crippen LogP) is 3.75. The molecular weight excluding hydrogens is 274 g/mol. The minimum Gasteiger partial charge on any atom is -0.353 e. The lowest BCUT2D eigenvalue weighted by Crippen LogP contribution is -2.30. The van der Waals surface area contributed by atoms with E-state index in [-0.39, 0.29) is 6.04 Å². The van der Waals surface area contributed by atoms with Gasteiger partial charge in [-0.2, -0.15) is 0 Å². The fourth-order valence-electron chi connectivity index (χ4n) is 1.63. The minimum atomic E-state index is 0.119. The summed E-state index contributed by atoms with van der Waals surface area (Å²) >= 11 is 7.03. The molecule has 5 heteroatoms. The Bertz CT molecular complexity index is 537. The quantitative estimate of drug-likeness (QED) is 0.841. The fraction of sp³-hybridized carbons (Fsp3) is 0.286. The molecule has 2 rings (SSSR count). The number of anilines is 1. The van der Waals surface area contributed by atoms with Gasteiger partial charge in [-0.15, -0.1) is 11.3 Å². The van der Waals surface area contributed by atoms with Crippen LogP contribution in [0.2, 0.25) is 0 Å². The molecule has 0 amide bonds. The van der Waals surface area contributed by atoms with Gasteiger partial charge in [-0.3, -0.25) is 0 Å². The normalized spacial score (nSPS) is 11.9. The van der Waals surface area contributed by atoms with Gasteiger partial charge in [0.1, 0.15) is 5.01 Å². The molecule has 0 fully saturated rings. The summed E-state index contributed by atoms with van der Waals surface area (Å²) in [7, 11) is 0. The Kier molecular flexibility index (Phi) is 4.87. The van der Waals surface area contributed by atoms with E-state index >= 15 is 0 Å². The molecule has 1 aromatic carbocycles. The topological polar surface area (TPSA) is 37.0 Å². The highest BCUT2D eigenvalue weighted by molar-refractivity contribution is 7.80. The van der Waals surface area contributed by atoms with Gasteiger partial charge in [0.2, 0.25) is 0 Å². The Morgan fingerprint density at radius 2 is 2.11 bits per heavy atom. The fourth-order valence-corrected chi connectivity index (χ4v) is 2.79. The van der Waals surface area contributed by atoms with Crippen molar-refractivity contribution in [2.45, 2.75) is 26.3 Å². The largest absolute Gasteiger partial charge is 0.353 e. The SMILES string of the molecule is CCc1cnc(C(C)NC(=S)Nc2ccccc2)s1. The number of aromatic nitrogens is 1. The second-order valence-electron chi connectivity index (χ2n) is 4.20. The molecule has 3 nitrogen and oxygen atoms in total. The van der Waals surface area contributed by atoms with Crippen molar-refractivity contribution in [2.75, 3.05) is 5.32 Å². The number of thiocarbonyl (C=S) groups is 1. The first-order chi connectivity index (χ1) is 9.19. The number of aryl methyl sites for hydroxylation is 1. The molecule has 2 aromatic rings. The molecule has 0 saturated carbocycles. The Hall–Kier alpha value is -1.46. The third-order valence-electron chi connectivity index (χ3n) is 2.67. The van der Waals surface area contributed by atoms with Gasteiger partial charge < -0.3 is 10.6 Å². The Morgan fingerprint density at radius 1 is 1.37 bits per heavy atom. The van der Waals surface area contributed by atoms with Crippen molar-refractivity contribution in [1.82, 2.24) is 10.3 Å². The molecule has 1 atom stereocenters. The van der Waals surface area contributed by atoms with Crippen LogP contribution in [0.4, 0.5) is 5.69 Å². The maximum atomic E-state index is 5.30. The van der Waals surface area contributed by atoms with Gasteiger partial charge in [-0.25, -0.2) is 4.98 Å². The lowest BCUT2D eigenvalue weighted by Gasteiger charge is -2.15. The zero-order chi connectivity index (χ0) is 13.7. The highest BCUT2D eigenvalue weighted by Crippen LogP contribution is 2.20. The number of hydrogen-bond donors (Lipinski definition) is 2. The second kappa shape index (κ2) is 6.63. The smallest absolute Gasteiger partial charge is 0.171 e. The number of thiazole rings is 1. The van der Waals surface area contributed by atoms with Crippen molar-refractivity contribution in [3.8, 4) is 0 Å². The third-order valence-corrected chi connectivity index (χ3v) is 4.21. The summed E-state index contributed by atoms with van der Waals surface area (Å²) in [6.45, 7) is 4.20. The van der Waals surface area contributed by atoms with Gasteiger partial charge in [0.15, 0.2) is 5.11 Å². The summed E-state index contributed by atoms with van der Waals surface area (Å²) in [6.07, 6.45) is 2.96. The van der Waals surface area contributed by atoms with Crippen molar-refractivity contribution in [3.05, 3.63) is 46.4 Å². The summed E-state index contributed by atoms with van der Waals surface area (Å²) in [5.41, 5.74) is 0.987. The van der Waals surface area contributed by atoms with Gasteiger partial charge in [0.25, 0.3) is 0 Å². The van der Waals surface area contributed by atoms with Gasteiger partial charge >= 0.3 is 0 Å². The number of para-hydroxylation sites is 1. The second-order valence-corrected chi connectivity index (χ2v) is 5.76. The maximum absolute atomic E-state index is 5.30. The zero-order valence-electron chi connectivity index (χ0n) is 11.0. The van der Waals surface area contributed by atoms with E-state index in [0.717, 1.165) is 17.1 Å². The van der Waals surface area contributed by atoms with Crippen LogP contribution in [0.1, 0.15) is 29.8 Å².